The molecule has 0 radical (unpaired) electrons. The van der Waals surface area contributed by atoms with Gasteiger partial charge in [0.05, 0.1) is 13.2 Å². The molecule has 0 bridgehead atoms. The number of aliphatic carboxylic acids is 1. The Morgan fingerprint density at radius 2 is 0.839 bits per heavy atom. The van der Waals surface area contributed by atoms with E-state index in [2.05, 4.69) is 42.7 Å². The van der Waals surface area contributed by atoms with Crippen molar-refractivity contribution in [3.8, 4) is 0 Å². The largest absolute Gasteiger partial charge is 0.480 e. The number of unbranched alkanes of at least 4 members (excludes halogenated alkanes) is 30. The average molecular weight is 900 g/mol. The van der Waals surface area contributed by atoms with Crippen LogP contribution in [0.25, 0.3) is 0 Å². The van der Waals surface area contributed by atoms with Gasteiger partial charge < -0.3 is 25.2 Å². The zero-order valence-corrected chi connectivity index (χ0v) is 40.6. The predicted octanol–water partition coefficient (Wildman–Crippen LogP) is 14.2. The molecular weight excluding hydrogens is 806 g/mol. The van der Waals surface area contributed by atoms with E-state index < -0.39 is 51.1 Å². The monoisotopic (exact) mass is 900 g/mol. The van der Waals surface area contributed by atoms with Gasteiger partial charge >= 0.3 is 25.7 Å². The molecule has 0 aliphatic heterocycles. The first kappa shape index (κ1) is 60.0. The summed E-state index contributed by atoms with van der Waals surface area (Å²) in [6, 6.07) is -1.52. The lowest BCUT2D eigenvalue weighted by atomic mass is 10.0. The van der Waals surface area contributed by atoms with Gasteiger partial charge in [0.1, 0.15) is 12.6 Å². The van der Waals surface area contributed by atoms with Crippen molar-refractivity contribution in [3.63, 3.8) is 0 Å². The van der Waals surface area contributed by atoms with E-state index in [9.17, 15) is 23.8 Å². The van der Waals surface area contributed by atoms with Gasteiger partial charge in [-0.2, -0.15) is 0 Å². The molecule has 3 atom stereocenters. The Bertz CT molecular complexity index is 1150. The number of ether oxygens (including phenoxy) is 2. The van der Waals surface area contributed by atoms with Crippen molar-refractivity contribution < 1.29 is 47.5 Å². The van der Waals surface area contributed by atoms with Crippen LogP contribution in [0.3, 0.4) is 0 Å². The van der Waals surface area contributed by atoms with Crippen LogP contribution in [-0.4, -0.2) is 59.9 Å². The molecule has 0 amide bonds. The molecule has 0 saturated heterocycles. The van der Waals surface area contributed by atoms with Crippen LogP contribution in [-0.2, 0) is 37.5 Å². The van der Waals surface area contributed by atoms with E-state index in [0.717, 1.165) is 32.1 Å². The second-order valence-corrected chi connectivity index (χ2v) is 18.8. The molecule has 0 aliphatic carbocycles. The molecule has 0 rings (SSSR count). The predicted molar refractivity (Wildman–Crippen MR) is 254 cm³/mol. The van der Waals surface area contributed by atoms with Gasteiger partial charge in [-0.05, 0) is 51.4 Å². The minimum atomic E-state index is -4.72. The molecule has 62 heavy (non-hydrogen) atoms. The van der Waals surface area contributed by atoms with Crippen LogP contribution in [0.4, 0.5) is 0 Å². The van der Waals surface area contributed by atoms with Crippen molar-refractivity contribution in [2.45, 2.75) is 257 Å². The maximum atomic E-state index is 12.7. The van der Waals surface area contributed by atoms with Crippen molar-refractivity contribution in [2.75, 3.05) is 19.8 Å². The number of carboxylic acids is 1. The summed E-state index contributed by atoms with van der Waals surface area (Å²) >= 11 is 0. The summed E-state index contributed by atoms with van der Waals surface area (Å²) < 4.78 is 32.8. The van der Waals surface area contributed by atoms with E-state index in [1.807, 2.05) is 0 Å². The molecule has 0 spiro atoms. The van der Waals surface area contributed by atoms with Crippen LogP contribution in [0.15, 0.2) is 24.3 Å². The lowest BCUT2D eigenvalue weighted by molar-refractivity contribution is -0.161. The highest BCUT2D eigenvalue weighted by Gasteiger charge is 2.28. The highest BCUT2D eigenvalue weighted by molar-refractivity contribution is 7.47. The molecule has 0 aromatic carbocycles. The Kier molecular flexibility index (Phi) is 44.0. The highest BCUT2D eigenvalue weighted by atomic mass is 31.2. The van der Waals surface area contributed by atoms with Crippen molar-refractivity contribution in [1.29, 1.82) is 0 Å². The van der Waals surface area contributed by atoms with Crippen LogP contribution >= 0.6 is 7.82 Å². The van der Waals surface area contributed by atoms with Gasteiger partial charge in [0, 0.05) is 12.8 Å². The first-order chi connectivity index (χ1) is 30.1. The van der Waals surface area contributed by atoms with Crippen molar-refractivity contribution in [2.24, 2.45) is 5.73 Å². The summed E-state index contributed by atoms with van der Waals surface area (Å²) in [4.78, 5) is 46.1. The molecule has 12 heteroatoms. The van der Waals surface area contributed by atoms with E-state index >= 15 is 0 Å². The summed E-state index contributed by atoms with van der Waals surface area (Å²) in [7, 11) is -4.72. The van der Waals surface area contributed by atoms with Crippen LogP contribution in [0, 0.1) is 0 Å². The molecule has 0 fully saturated rings. The summed E-state index contributed by atoms with van der Waals surface area (Å²) in [6.45, 7) is 2.79. The molecule has 1 unspecified atom stereocenters. The van der Waals surface area contributed by atoms with Crippen molar-refractivity contribution in [3.05, 3.63) is 24.3 Å². The van der Waals surface area contributed by atoms with E-state index in [0.29, 0.717) is 19.3 Å². The lowest BCUT2D eigenvalue weighted by Gasteiger charge is -2.20. The molecule has 11 nitrogen and oxygen atoms in total. The van der Waals surface area contributed by atoms with E-state index in [-0.39, 0.29) is 19.4 Å². The number of nitrogens with two attached hydrogens (primary N) is 1. The molecule has 0 heterocycles. The lowest BCUT2D eigenvalue weighted by Crippen LogP contribution is -2.34. The summed E-state index contributed by atoms with van der Waals surface area (Å²) in [6.07, 6.45) is 49.7. The van der Waals surface area contributed by atoms with Crippen LogP contribution in [0.5, 0.6) is 0 Å². The number of carbonyl (C=O) groups is 3. The fraction of sp³-hybridized carbons (Fsp3) is 0.860. The summed E-state index contributed by atoms with van der Waals surface area (Å²) in [5.74, 6) is -2.41. The number of hydrogen-bond donors (Lipinski definition) is 3. The number of carbonyl (C=O) groups excluding carboxylic acids is 2. The van der Waals surface area contributed by atoms with Crippen LogP contribution in [0.2, 0.25) is 0 Å². The Balaban J connectivity index is 4.23. The smallest absolute Gasteiger partial charge is 0.472 e. The number of allylic oxidation sites excluding steroid dienone is 4. The van der Waals surface area contributed by atoms with Crippen LogP contribution < -0.4 is 5.73 Å². The third kappa shape index (κ3) is 44.6. The molecule has 0 aliphatic rings. The third-order valence-corrected chi connectivity index (χ3v) is 12.1. The minimum absolute atomic E-state index is 0.116. The van der Waals surface area contributed by atoms with E-state index in [4.69, 9.17) is 24.8 Å². The number of esters is 2. The number of phosphoric acid groups is 1. The Morgan fingerprint density at radius 3 is 1.27 bits per heavy atom. The van der Waals surface area contributed by atoms with Gasteiger partial charge in [0.15, 0.2) is 6.10 Å². The normalized spacial score (nSPS) is 13.7. The number of phosphoric ester groups is 1. The Morgan fingerprint density at radius 1 is 0.484 bits per heavy atom. The Hall–Kier alpha value is -2.04. The number of hydrogen-bond acceptors (Lipinski definition) is 9. The van der Waals surface area contributed by atoms with Gasteiger partial charge in [-0.25, -0.2) is 4.57 Å². The SMILES string of the molecule is CCCC/C=C/CCCCCCCCCCCC(=O)OC[C@@H](COP(=O)(O)OC[C@H](N)C(=O)O)OC(=O)CCC/C=C/CCCCCCCCCCCCCCCCCCCC. The fourth-order valence-electron chi connectivity index (χ4n) is 7.17. The minimum Gasteiger partial charge on any atom is -0.480 e. The molecular formula is C50H94NO10P. The van der Waals surface area contributed by atoms with Gasteiger partial charge in [0.2, 0.25) is 0 Å². The highest BCUT2D eigenvalue weighted by Crippen LogP contribution is 2.43. The first-order valence-corrected chi connectivity index (χ1v) is 26.9. The maximum Gasteiger partial charge on any atom is 0.472 e. The molecule has 0 aromatic heterocycles. The third-order valence-electron chi connectivity index (χ3n) is 11.2. The maximum absolute atomic E-state index is 12.7. The van der Waals surface area contributed by atoms with Gasteiger partial charge in [-0.3, -0.25) is 23.4 Å². The standard InChI is InChI=1S/C50H94NO10P/c1-3-5-7-9-11-13-15-17-19-20-21-22-23-24-25-26-28-30-32-34-36-38-40-42-49(53)61-46(44-59-62(56,57)60-45-47(51)50(54)55)43-58-48(52)41-39-37-35-33-31-29-27-18-16-14-12-10-8-6-4-2/h10,12,34,36,46-47H,3-9,11,13-33,35,37-45,51H2,1-2H3,(H,54,55)(H,56,57)/b12-10+,36-34+/t46-,47-/m0/s1. The van der Waals surface area contributed by atoms with Crippen LogP contribution in [0.1, 0.15) is 245 Å². The molecule has 0 saturated carbocycles. The quantitative estimate of drug-likeness (QED) is 0.0230. The second-order valence-electron chi connectivity index (χ2n) is 17.3. The van der Waals surface area contributed by atoms with Crippen molar-refractivity contribution in [1.82, 2.24) is 0 Å². The zero-order valence-electron chi connectivity index (χ0n) is 39.7. The number of rotatable bonds is 48. The van der Waals surface area contributed by atoms with Crippen molar-refractivity contribution >= 4 is 25.7 Å². The average Bonchev–Trinajstić information content (AvgIpc) is 3.25. The van der Waals surface area contributed by atoms with E-state index in [1.165, 1.54) is 167 Å². The van der Waals surface area contributed by atoms with E-state index in [1.54, 1.807) is 0 Å². The first-order valence-electron chi connectivity index (χ1n) is 25.4. The summed E-state index contributed by atoms with van der Waals surface area (Å²) in [5.41, 5.74) is 5.35. The van der Waals surface area contributed by atoms with Gasteiger partial charge in [-0.15, -0.1) is 0 Å². The fourth-order valence-corrected chi connectivity index (χ4v) is 7.95. The topological polar surface area (TPSA) is 172 Å². The second kappa shape index (κ2) is 45.5. The molecule has 0 aromatic rings. The summed E-state index contributed by atoms with van der Waals surface area (Å²) in [5, 5.41) is 8.91. The number of carboxylic acid groups (broad SMARTS) is 1. The van der Waals surface area contributed by atoms with Gasteiger partial charge in [-0.1, -0.05) is 205 Å². The molecule has 4 N–H and O–H groups in total. The molecule has 364 valence electrons. The van der Waals surface area contributed by atoms with Gasteiger partial charge in [0.25, 0.3) is 0 Å². The zero-order chi connectivity index (χ0) is 45.6. The Labute approximate surface area is 379 Å².